The summed E-state index contributed by atoms with van der Waals surface area (Å²) >= 11 is 0. The standard InChI is InChI=1S/C18H14F3NO4.CH5N/c19-12-3-1-2-10(4-12)9-26-16-7-13(20)15(6-14(16)21)22-8-11(18(24)25)5-17(22)23;1-2/h1-4,6-7,11H,5,8-9H2,(H,24,25);2H2,1H3. The van der Waals surface area contributed by atoms with Crippen molar-refractivity contribution >= 4 is 17.6 Å². The number of carbonyl (C=O) groups is 2. The highest BCUT2D eigenvalue weighted by molar-refractivity contribution is 5.99. The molecule has 0 aromatic heterocycles. The number of anilines is 1. The summed E-state index contributed by atoms with van der Waals surface area (Å²) in [5, 5.41) is 8.97. The van der Waals surface area contributed by atoms with Gasteiger partial charge in [-0.15, -0.1) is 0 Å². The first-order valence-corrected chi connectivity index (χ1v) is 8.32. The van der Waals surface area contributed by atoms with E-state index in [1.165, 1.54) is 25.2 Å². The second-order valence-corrected chi connectivity index (χ2v) is 5.90. The number of rotatable bonds is 5. The lowest BCUT2D eigenvalue weighted by molar-refractivity contribution is -0.141. The van der Waals surface area contributed by atoms with E-state index in [1.54, 1.807) is 6.07 Å². The summed E-state index contributed by atoms with van der Waals surface area (Å²) in [5.74, 6) is -5.43. The van der Waals surface area contributed by atoms with Gasteiger partial charge in [0.2, 0.25) is 5.91 Å². The first kappa shape index (κ1) is 21.2. The summed E-state index contributed by atoms with van der Waals surface area (Å²) < 4.78 is 46.9. The quantitative estimate of drug-likeness (QED) is 0.811. The maximum absolute atomic E-state index is 14.3. The van der Waals surface area contributed by atoms with Crippen molar-refractivity contribution in [2.75, 3.05) is 18.5 Å². The molecule has 1 aliphatic rings. The number of carboxylic acids is 1. The number of hydrogen-bond donors (Lipinski definition) is 2. The van der Waals surface area contributed by atoms with Crippen LogP contribution >= 0.6 is 0 Å². The number of nitrogens with two attached hydrogens (primary N) is 1. The fourth-order valence-electron chi connectivity index (χ4n) is 2.73. The fraction of sp³-hybridized carbons (Fsp3) is 0.263. The first-order valence-electron chi connectivity index (χ1n) is 8.32. The summed E-state index contributed by atoms with van der Waals surface area (Å²) in [6.45, 7) is -0.398. The molecule has 2 aromatic rings. The summed E-state index contributed by atoms with van der Waals surface area (Å²) in [6, 6.07) is 7.06. The zero-order valence-electron chi connectivity index (χ0n) is 15.0. The average Bonchev–Trinajstić information content (AvgIpc) is 3.06. The van der Waals surface area contributed by atoms with Gasteiger partial charge < -0.3 is 20.5 Å². The van der Waals surface area contributed by atoms with Gasteiger partial charge in [0.25, 0.3) is 0 Å². The van der Waals surface area contributed by atoms with Crippen LogP contribution in [0.15, 0.2) is 36.4 Å². The number of nitrogens with zero attached hydrogens (tertiary/aromatic N) is 1. The molecule has 1 atom stereocenters. The van der Waals surface area contributed by atoms with Gasteiger partial charge in [-0.1, -0.05) is 12.1 Å². The van der Waals surface area contributed by atoms with Gasteiger partial charge in [0.1, 0.15) is 12.4 Å². The van der Waals surface area contributed by atoms with E-state index in [0.29, 0.717) is 5.56 Å². The Hall–Kier alpha value is -3.07. The smallest absolute Gasteiger partial charge is 0.308 e. The minimum absolute atomic E-state index is 0.169. The van der Waals surface area contributed by atoms with Gasteiger partial charge in [0.15, 0.2) is 17.4 Å². The molecular weight excluding hydrogens is 377 g/mol. The number of hydrogen-bond acceptors (Lipinski definition) is 4. The Balaban J connectivity index is 0.00000136. The number of halogens is 3. The second kappa shape index (κ2) is 9.23. The molecule has 9 heteroatoms. The van der Waals surface area contributed by atoms with Crippen LogP contribution < -0.4 is 15.4 Å². The molecule has 1 unspecified atom stereocenters. The zero-order valence-corrected chi connectivity index (χ0v) is 15.0. The molecule has 0 aliphatic carbocycles. The molecular formula is C19H19F3N2O4. The van der Waals surface area contributed by atoms with Crippen molar-refractivity contribution < 1.29 is 32.6 Å². The highest BCUT2D eigenvalue weighted by Gasteiger charge is 2.36. The van der Waals surface area contributed by atoms with Gasteiger partial charge in [0.05, 0.1) is 11.6 Å². The lowest BCUT2D eigenvalue weighted by Crippen LogP contribution is -2.26. The van der Waals surface area contributed by atoms with Crippen LogP contribution in [0.1, 0.15) is 12.0 Å². The van der Waals surface area contributed by atoms with Gasteiger partial charge in [-0.05, 0) is 24.7 Å². The van der Waals surface area contributed by atoms with Crippen LogP contribution in [0.25, 0.3) is 0 Å². The van der Waals surface area contributed by atoms with Gasteiger partial charge in [-0.2, -0.15) is 0 Å². The Labute approximate surface area is 159 Å². The van der Waals surface area contributed by atoms with Crippen molar-refractivity contribution in [1.29, 1.82) is 0 Å². The van der Waals surface area contributed by atoms with E-state index in [0.717, 1.165) is 17.0 Å². The molecule has 1 aliphatic heterocycles. The maximum atomic E-state index is 14.3. The molecule has 28 heavy (non-hydrogen) atoms. The number of ether oxygens (including phenoxy) is 1. The number of amides is 1. The molecule has 6 nitrogen and oxygen atoms in total. The second-order valence-electron chi connectivity index (χ2n) is 5.90. The molecule has 0 spiro atoms. The molecule has 150 valence electrons. The van der Waals surface area contributed by atoms with Crippen LogP contribution in [0.3, 0.4) is 0 Å². The summed E-state index contributed by atoms with van der Waals surface area (Å²) in [4.78, 5) is 23.8. The van der Waals surface area contributed by atoms with Gasteiger partial charge in [0, 0.05) is 25.1 Å². The molecule has 1 saturated heterocycles. The molecule has 3 N–H and O–H groups in total. The highest BCUT2D eigenvalue weighted by Crippen LogP contribution is 2.32. The largest absolute Gasteiger partial charge is 0.486 e. The lowest BCUT2D eigenvalue weighted by Gasteiger charge is -2.18. The average molecular weight is 396 g/mol. The van der Waals surface area contributed by atoms with Crippen LogP contribution in [0.5, 0.6) is 5.75 Å². The van der Waals surface area contributed by atoms with Gasteiger partial charge in [-0.25, -0.2) is 13.2 Å². The molecule has 2 aromatic carbocycles. The normalized spacial score (nSPS) is 15.8. The third kappa shape index (κ3) is 4.80. The van der Waals surface area contributed by atoms with Crippen molar-refractivity contribution in [3.8, 4) is 5.75 Å². The number of benzene rings is 2. The highest BCUT2D eigenvalue weighted by atomic mass is 19.1. The minimum Gasteiger partial charge on any atom is -0.486 e. The van der Waals surface area contributed by atoms with E-state index < -0.39 is 41.0 Å². The minimum atomic E-state index is -1.17. The number of aliphatic carboxylic acids is 1. The van der Waals surface area contributed by atoms with E-state index in [2.05, 4.69) is 5.73 Å². The predicted molar refractivity (Wildman–Crippen MR) is 95.3 cm³/mol. The van der Waals surface area contributed by atoms with E-state index in [4.69, 9.17) is 9.84 Å². The van der Waals surface area contributed by atoms with Gasteiger partial charge >= 0.3 is 5.97 Å². The lowest BCUT2D eigenvalue weighted by atomic mass is 10.1. The van der Waals surface area contributed by atoms with Crippen molar-refractivity contribution in [1.82, 2.24) is 0 Å². The first-order chi connectivity index (χ1) is 13.3. The molecule has 0 saturated carbocycles. The number of carboxylic acid groups (broad SMARTS) is 1. The fourth-order valence-corrected chi connectivity index (χ4v) is 2.73. The topological polar surface area (TPSA) is 92.9 Å². The SMILES string of the molecule is CN.O=C(O)C1CC(=O)N(c2cc(F)c(OCc3cccc(F)c3)cc2F)C1. The van der Waals surface area contributed by atoms with Crippen LogP contribution in [0.2, 0.25) is 0 Å². The molecule has 1 fully saturated rings. The summed E-state index contributed by atoms with van der Waals surface area (Å²) in [7, 11) is 1.50. The molecule has 0 radical (unpaired) electrons. The Morgan fingerprint density at radius 2 is 1.93 bits per heavy atom. The van der Waals surface area contributed by atoms with Crippen LogP contribution in [0, 0.1) is 23.4 Å². The third-order valence-electron chi connectivity index (χ3n) is 4.05. The van der Waals surface area contributed by atoms with Crippen molar-refractivity contribution in [2.45, 2.75) is 13.0 Å². The van der Waals surface area contributed by atoms with Crippen molar-refractivity contribution in [3.63, 3.8) is 0 Å². The van der Waals surface area contributed by atoms with E-state index >= 15 is 0 Å². The summed E-state index contributed by atoms with van der Waals surface area (Å²) in [5.41, 5.74) is 4.60. The molecule has 1 amide bonds. The Morgan fingerprint density at radius 1 is 1.21 bits per heavy atom. The van der Waals surface area contributed by atoms with Crippen LogP contribution in [-0.2, 0) is 16.2 Å². The van der Waals surface area contributed by atoms with E-state index in [-0.39, 0.29) is 25.3 Å². The zero-order chi connectivity index (χ0) is 20.8. The Bertz CT molecular complexity index is 876. The maximum Gasteiger partial charge on any atom is 0.308 e. The van der Waals surface area contributed by atoms with Crippen LogP contribution in [-0.4, -0.2) is 30.6 Å². The van der Waals surface area contributed by atoms with E-state index in [9.17, 15) is 22.8 Å². The molecule has 3 rings (SSSR count). The van der Waals surface area contributed by atoms with E-state index in [1.807, 2.05) is 0 Å². The monoisotopic (exact) mass is 396 g/mol. The van der Waals surface area contributed by atoms with Crippen molar-refractivity contribution in [2.24, 2.45) is 11.7 Å². The summed E-state index contributed by atoms with van der Waals surface area (Å²) in [6.07, 6.45) is -0.270. The number of carbonyl (C=O) groups excluding carboxylic acids is 1. The van der Waals surface area contributed by atoms with Crippen molar-refractivity contribution in [3.05, 3.63) is 59.4 Å². The molecule has 1 heterocycles. The van der Waals surface area contributed by atoms with Crippen LogP contribution in [0.4, 0.5) is 18.9 Å². The Kier molecular flexibility index (Phi) is 7.00. The third-order valence-corrected chi connectivity index (χ3v) is 4.05. The predicted octanol–water partition coefficient (Wildman–Crippen LogP) is 2.70. The molecule has 0 bridgehead atoms. The van der Waals surface area contributed by atoms with Gasteiger partial charge in [-0.3, -0.25) is 9.59 Å². The Morgan fingerprint density at radius 3 is 2.54 bits per heavy atom.